The molecule has 0 radical (unpaired) electrons. The van der Waals surface area contributed by atoms with Crippen LogP contribution in [0.25, 0.3) is 0 Å². The number of nitrogens with zero attached hydrogens (tertiary/aromatic N) is 3. The van der Waals surface area contributed by atoms with Gasteiger partial charge in [-0.15, -0.1) is 0 Å². The van der Waals surface area contributed by atoms with Crippen LogP contribution in [0.2, 0.25) is 0 Å². The van der Waals surface area contributed by atoms with Gasteiger partial charge in [0.1, 0.15) is 0 Å². The van der Waals surface area contributed by atoms with Gasteiger partial charge in [-0.05, 0) is 58.0 Å². The van der Waals surface area contributed by atoms with Crippen LogP contribution in [-0.2, 0) is 0 Å². The Bertz CT molecular complexity index is 434. The van der Waals surface area contributed by atoms with Crippen LogP contribution in [0.3, 0.4) is 0 Å². The van der Waals surface area contributed by atoms with Crippen molar-refractivity contribution in [2.45, 2.75) is 99.5 Å². The lowest BCUT2D eigenvalue weighted by Gasteiger charge is -2.36. The Balaban J connectivity index is 0. The highest BCUT2D eigenvalue weighted by Crippen LogP contribution is 2.25. The molecule has 186 valence electrons. The van der Waals surface area contributed by atoms with E-state index in [-0.39, 0.29) is 0 Å². The fraction of sp³-hybridized carbons (Fsp3) is 0.857. The molecule has 1 heterocycles. The molecule has 0 aromatic heterocycles. The molecule has 1 aliphatic heterocycles. The molecule has 31 heavy (non-hydrogen) atoms. The van der Waals surface area contributed by atoms with E-state index in [0.29, 0.717) is 12.0 Å². The van der Waals surface area contributed by atoms with Crippen molar-refractivity contribution in [3.05, 3.63) is 24.6 Å². The molecule has 0 atom stereocenters. The number of rotatable bonds is 10. The second kappa shape index (κ2) is 18.6. The summed E-state index contributed by atoms with van der Waals surface area (Å²) in [5, 5.41) is 0. The van der Waals surface area contributed by atoms with Crippen molar-refractivity contribution in [3.8, 4) is 0 Å². The molecule has 3 nitrogen and oxygen atoms in total. The highest BCUT2D eigenvalue weighted by Gasteiger charge is 2.23. The predicted molar refractivity (Wildman–Crippen MR) is 144 cm³/mol. The lowest BCUT2D eigenvalue weighted by Crippen LogP contribution is -2.39. The van der Waals surface area contributed by atoms with E-state index < -0.39 is 0 Å². The summed E-state index contributed by atoms with van der Waals surface area (Å²) in [4.78, 5) is 6.85. The molecule has 0 aromatic rings. The Labute approximate surface area is 197 Å². The van der Waals surface area contributed by atoms with Gasteiger partial charge < -0.3 is 14.7 Å². The van der Waals surface area contributed by atoms with Gasteiger partial charge in [-0.25, -0.2) is 0 Å². The minimum Gasteiger partial charge on any atom is -0.381 e. The van der Waals surface area contributed by atoms with Crippen LogP contribution in [0.1, 0.15) is 93.4 Å². The van der Waals surface area contributed by atoms with Crippen LogP contribution < -0.4 is 0 Å². The minimum atomic E-state index is 0.698. The van der Waals surface area contributed by atoms with Crippen molar-refractivity contribution in [1.82, 2.24) is 14.7 Å². The fourth-order valence-electron chi connectivity index (χ4n) is 3.79. The molecule has 0 N–H and O–H groups in total. The van der Waals surface area contributed by atoms with Crippen molar-refractivity contribution in [2.75, 3.05) is 41.3 Å². The molecule has 0 aliphatic carbocycles. The van der Waals surface area contributed by atoms with Crippen molar-refractivity contribution in [2.24, 2.45) is 17.8 Å². The number of likely N-dealkylation sites (tertiary alicyclic amines) is 1. The first kappa shape index (κ1) is 32.2. The van der Waals surface area contributed by atoms with Crippen LogP contribution in [0.5, 0.6) is 0 Å². The van der Waals surface area contributed by atoms with E-state index in [4.69, 9.17) is 0 Å². The lowest BCUT2D eigenvalue weighted by molar-refractivity contribution is 0.152. The van der Waals surface area contributed by atoms with E-state index in [2.05, 4.69) is 105 Å². The summed E-state index contributed by atoms with van der Waals surface area (Å²) in [6.45, 7) is 26.3. The molecule has 1 fully saturated rings. The van der Waals surface area contributed by atoms with E-state index in [9.17, 15) is 0 Å². The van der Waals surface area contributed by atoms with Gasteiger partial charge in [0.25, 0.3) is 0 Å². The fourth-order valence-corrected chi connectivity index (χ4v) is 3.79. The molecule has 3 heteroatoms. The summed E-state index contributed by atoms with van der Waals surface area (Å²) in [6, 6.07) is 0.698. The van der Waals surface area contributed by atoms with Gasteiger partial charge in [0.2, 0.25) is 0 Å². The van der Waals surface area contributed by atoms with Gasteiger partial charge in [0.15, 0.2) is 0 Å². The summed E-state index contributed by atoms with van der Waals surface area (Å²) < 4.78 is 0. The van der Waals surface area contributed by atoms with E-state index in [1.54, 1.807) is 0 Å². The zero-order valence-corrected chi connectivity index (χ0v) is 23.4. The second-order valence-corrected chi connectivity index (χ2v) is 10.6. The highest BCUT2D eigenvalue weighted by molar-refractivity contribution is 5.00. The third kappa shape index (κ3) is 17.3. The van der Waals surface area contributed by atoms with Crippen LogP contribution in [0.15, 0.2) is 24.6 Å². The molecule has 0 aromatic carbocycles. The third-order valence-electron chi connectivity index (χ3n) is 5.86. The van der Waals surface area contributed by atoms with Crippen LogP contribution in [-0.4, -0.2) is 62.0 Å². The van der Waals surface area contributed by atoms with Gasteiger partial charge in [-0.3, -0.25) is 0 Å². The van der Waals surface area contributed by atoms with Crippen LogP contribution in [0, 0.1) is 17.8 Å². The monoisotopic (exact) mass is 437 g/mol. The van der Waals surface area contributed by atoms with Crippen molar-refractivity contribution >= 4 is 0 Å². The van der Waals surface area contributed by atoms with Crippen molar-refractivity contribution in [3.63, 3.8) is 0 Å². The Morgan fingerprint density at radius 3 is 1.55 bits per heavy atom. The Hall–Kier alpha value is -0.960. The topological polar surface area (TPSA) is 9.72 Å². The zero-order valence-electron chi connectivity index (χ0n) is 23.4. The first-order chi connectivity index (χ1) is 14.4. The van der Waals surface area contributed by atoms with Crippen molar-refractivity contribution < 1.29 is 0 Å². The molecule has 0 saturated carbocycles. The molecule has 1 aliphatic rings. The van der Waals surface area contributed by atoms with E-state index in [1.165, 1.54) is 69.4 Å². The maximum absolute atomic E-state index is 4.16. The first-order valence-electron chi connectivity index (χ1n) is 12.8. The number of piperidine rings is 1. The average Bonchev–Trinajstić information content (AvgIpc) is 2.67. The molecule has 0 amide bonds. The molecular weight excluding hydrogens is 378 g/mol. The third-order valence-corrected chi connectivity index (χ3v) is 5.86. The first-order valence-corrected chi connectivity index (χ1v) is 12.8. The predicted octanol–water partition coefficient (Wildman–Crippen LogP) is 7.51. The molecule has 1 saturated heterocycles. The normalized spacial score (nSPS) is 14.6. The van der Waals surface area contributed by atoms with E-state index in [1.807, 2.05) is 0 Å². The lowest BCUT2D eigenvalue weighted by atomic mass is 9.93. The van der Waals surface area contributed by atoms with E-state index in [0.717, 1.165) is 11.8 Å². The quantitative estimate of drug-likeness (QED) is 0.350. The Morgan fingerprint density at radius 1 is 0.839 bits per heavy atom. The molecule has 0 unspecified atom stereocenters. The summed E-state index contributed by atoms with van der Waals surface area (Å²) >= 11 is 0. The molecule has 0 bridgehead atoms. The largest absolute Gasteiger partial charge is 0.381 e. The Kier molecular flexibility index (Phi) is 19.3. The highest BCUT2D eigenvalue weighted by atomic mass is 15.2. The van der Waals surface area contributed by atoms with Gasteiger partial charge in [0, 0.05) is 51.5 Å². The molecule has 0 spiro atoms. The van der Waals surface area contributed by atoms with E-state index >= 15 is 0 Å². The summed E-state index contributed by atoms with van der Waals surface area (Å²) in [7, 11) is 8.35. The number of hydrogen-bond acceptors (Lipinski definition) is 3. The standard InChI is InChI=1S/C12H24N2.C12H25N.C4H10/c1-10(2)14-8-6-12(7-9-14)11(3)13(4)5;1-6-8-12(9-7-2)10-11(3)13(4)5;1-4(2)3/h10,12H,3,6-9H2,1-2,4-5H3;12H,3,6-10H2,1-2,4-5H3;4H,1-3H3. The smallest absolute Gasteiger partial charge is 0.00869 e. The summed E-state index contributed by atoms with van der Waals surface area (Å²) in [5.41, 5.74) is 2.57. The summed E-state index contributed by atoms with van der Waals surface area (Å²) in [5.74, 6) is 2.39. The second-order valence-electron chi connectivity index (χ2n) is 10.6. The SMILES string of the molecule is C=C(C1CCN(C(C)C)CC1)N(C)C.C=C(CC(CCC)CCC)N(C)C.CC(C)C. The average molecular weight is 438 g/mol. The van der Waals surface area contributed by atoms with Gasteiger partial charge in [0.05, 0.1) is 0 Å². The number of hydrogen-bond donors (Lipinski definition) is 0. The molecule has 1 rings (SSSR count). The number of allylic oxidation sites excluding steroid dienone is 2. The maximum Gasteiger partial charge on any atom is 0.00869 e. The van der Waals surface area contributed by atoms with Crippen molar-refractivity contribution in [1.29, 1.82) is 0 Å². The molecular formula is C28H59N3. The maximum atomic E-state index is 4.16. The minimum absolute atomic E-state index is 0.698. The van der Waals surface area contributed by atoms with Gasteiger partial charge in [-0.1, -0.05) is 73.5 Å². The zero-order chi connectivity index (χ0) is 24.6. The van der Waals surface area contributed by atoms with Crippen LogP contribution >= 0.6 is 0 Å². The van der Waals surface area contributed by atoms with Gasteiger partial charge in [-0.2, -0.15) is 0 Å². The Morgan fingerprint density at radius 2 is 1.26 bits per heavy atom. The van der Waals surface area contributed by atoms with Crippen LogP contribution in [0.4, 0.5) is 0 Å². The summed E-state index contributed by atoms with van der Waals surface area (Å²) in [6.07, 6.45) is 9.01. The van der Waals surface area contributed by atoms with Gasteiger partial charge >= 0.3 is 0 Å².